The SMILES string of the molecule is CCC(C)=CCC(C)(C)C(=O)OCC1CO1. The van der Waals surface area contributed by atoms with Crippen molar-refractivity contribution in [2.45, 2.75) is 46.6 Å². The minimum Gasteiger partial charge on any atom is -0.462 e. The maximum atomic E-state index is 11.8. The minimum atomic E-state index is -0.439. The van der Waals surface area contributed by atoms with Crippen molar-refractivity contribution in [3.8, 4) is 0 Å². The fourth-order valence-electron chi connectivity index (χ4n) is 1.19. The molecule has 1 rings (SSSR count). The van der Waals surface area contributed by atoms with E-state index in [1.165, 1.54) is 5.57 Å². The van der Waals surface area contributed by atoms with Gasteiger partial charge in [-0.1, -0.05) is 18.6 Å². The van der Waals surface area contributed by atoms with Gasteiger partial charge >= 0.3 is 5.97 Å². The van der Waals surface area contributed by atoms with Gasteiger partial charge in [-0.15, -0.1) is 0 Å². The van der Waals surface area contributed by atoms with Crippen molar-refractivity contribution >= 4 is 5.97 Å². The molecule has 1 aliphatic heterocycles. The van der Waals surface area contributed by atoms with Crippen molar-refractivity contribution in [1.29, 1.82) is 0 Å². The predicted octanol–water partition coefficient (Wildman–Crippen LogP) is 2.70. The number of epoxide rings is 1. The third-order valence-corrected chi connectivity index (χ3v) is 2.87. The van der Waals surface area contributed by atoms with E-state index in [1.807, 2.05) is 13.8 Å². The molecule has 1 saturated heterocycles. The van der Waals surface area contributed by atoms with Crippen molar-refractivity contribution in [3.05, 3.63) is 11.6 Å². The number of hydrogen-bond donors (Lipinski definition) is 0. The molecule has 3 heteroatoms. The highest BCUT2D eigenvalue weighted by Gasteiger charge is 2.31. The fourth-order valence-corrected chi connectivity index (χ4v) is 1.19. The number of allylic oxidation sites excluding steroid dienone is 2. The molecule has 0 aromatic carbocycles. The second-order valence-electron chi connectivity index (χ2n) is 5.05. The maximum Gasteiger partial charge on any atom is 0.311 e. The standard InChI is InChI=1S/C13H22O3/c1-5-10(2)6-7-13(3,4)12(14)16-9-11-8-15-11/h6,11H,5,7-9H2,1-4H3. The summed E-state index contributed by atoms with van der Waals surface area (Å²) in [6.45, 7) is 9.16. The first kappa shape index (κ1) is 13.2. The molecular formula is C13H22O3. The monoisotopic (exact) mass is 226 g/mol. The van der Waals surface area contributed by atoms with E-state index in [4.69, 9.17) is 9.47 Å². The van der Waals surface area contributed by atoms with E-state index in [9.17, 15) is 4.79 Å². The third-order valence-electron chi connectivity index (χ3n) is 2.87. The molecule has 0 aromatic rings. The summed E-state index contributed by atoms with van der Waals surface area (Å²) >= 11 is 0. The van der Waals surface area contributed by atoms with Crippen LogP contribution < -0.4 is 0 Å². The Hall–Kier alpha value is -0.830. The molecule has 1 aliphatic rings. The molecule has 0 N–H and O–H groups in total. The van der Waals surface area contributed by atoms with Crippen LogP contribution in [0.2, 0.25) is 0 Å². The Morgan fingerprint density at radius 3 is 2.69 bits per heavy atom. The van der Waals surface area contributed by atoms with Crippen LogP contribution in [0.3, 0.4) is 0 Å². The van der Waals surface area contributed by atoms with Gasteiger partial charge < -0.3 is 9.47 Å². The summed E-state index contributed by atoms with van der Waals surface area (Å²) in [6, 6.07) is 0. The Labute approximate surface area is 97.8 Å². The van der Waals surface area contributed by atoms with Crippen LogP contribution >= 0.6 is 0 Å². The Balaban J connectivity index is 2.37. The smallest absolute Gasteiger partial charge is 0.311 e. The Morgan fingerprint density at radius 1 is 1.56 bits per heavy atom. The quantitative estimate of drug-likeness (QED) is 0.397. The molecule has 0 aliphatic carbocycles. The fraction of sp³-hybridized carbons (Fsp3) is 0.769. The van der Waals surface area contributed by atoms with Gasteiger partial charge in [0.05, 0.1) is 12.0 Å². The molecule has 0 amide bonds. The topological polar surface area (TPSA) is 38.8 Å². The molecule has 1 fully saturated rings. The van der Waals surface area contributed by atoms with Crippen LogP contribution in [0.4, 0.5) is 0 Å². The Bertz CT molecular complexity index is 275. The van der Waals surface area contributed by atoms with Crippen LogP contribution in [-0.4, -0.2) is 25.3 Å². The second kappa shape index (κ2) is 5.48. The lowest BCUT2D eigenvalue weighted by atomic mass is 9.88. The van der Waals surface area contributed by atoms with E-state index in [0.717, 1.165) is 19.4 Å². The van der Waals surface area contributed by atoms with Gasteiger partial charge in [-0.25, -0.2) is 0 Å². The van der Waals surface area contributed by atoms with Crippen molar-refractivity contribution in [2.75, 3.05) is 13.2 Å². The summed E-state index contributed by atoms with van der Waals surface area (Å²) in [5, 5.41) is 0. The van der Waals surface area contributed by atoms with Crippen LogP contribution in [0.1, 0.15) is 40.5 Å². The number of carbonyl (C=O) groups excluding carboxylic acids is 1. The van der Waals surface area contributed by atoms with E-state index in [1.54, 1.807) is 0 Å². The first-order chi connectivity index (χ1) is 7.45. The molecule has 0 spiro atoms. The van der Waals surface area contributed by atoms with E-state index in [2.05, 4.69) is 19.9 Å². The van der Waals surface area contributed by atoms with Gasteiger partial charge in [0.15, 0.2) is 0 Å². The summed E-state index contributed by atoms with van der Waals surface area (Å²) in [7, 11) is 0. The van der Waals surface area contributed by atoms with Crippen molar-refractivity contribution < 1.29 is 14.3 Å². The third kappa shape index (κ3) is 4.35. The van der Waals surface area contributed by atoms with Crippen molar-refractivity contribution in [2.24, 2.45) is 5.41 Å². The largest absolute Gasteiger partial charge is 0.462 e. The Morgan fingerprint density at radius 2 is 2.19 bits per heavy atom. The average molecular weight is 226 g/mol. The number of carbonyl (C=O) groups is 1. The molecule has 0 bridgehead atoms. The van der Waals surface area contributed by atoms with Crippen LogP contribution in [0.25, 0.3) is 0 Å². The lowest BCUT2D eigenvalue weighted by Gasteiger charge is -2.20. The molecule has 3 nitrogen and oxygen atoms in total. The van der Waals surface area contributed by atoms with E-state index in [-0.39, 0.29) is 12.1 Å². The Kier molecular flexibility index (Phi) is 4.54. The first-order valence-corrected chi connectivity index (χ1v) is 5.90. The molecule has 92 valence electrons. The zero-order valence-electron chi connectivity index (χ0n) is 10.7. The van der Waals surface area contributed by atoms with E-state index in [0.29, 0.717) is 6.61 Å². The van der Waals surface area contributed by atoms with Gasteiger partial charge in [-0.05, 0) is 33.6 Å². The summed E-state index contributed by atoms with van der Waals surface area (Å²) in [5.41, 5.74) is 0.872. The van der Waals surface area contributed by atoms with Gasteiger partial charge in [0, 0.05) is 0 Å². The van der Waals surface area contributed by atoms with Gasteiger partial charge in [-0.2, -0.15) is 0 Å². The highest BCUT2D eigenvalue weighted by molar-refractivity contribution is 5.76. The number of hydrogen-bond acceptors (Lipinski definition) is 3. The summed E-state index contributed by atoms with van der Waals surface area (Å²) < 4.78 is 10.2. The highest BCUT2D eigenvalue weighted by atomic mass is 16.6. The molecule has 1 heterocycles. The summed E-state index contributed by atoms with van der Waals surface area (Å²) in [6.07, 6.45) is 4.03. The van der Waals surface area contributed by atoms with Crippen LogP contribution in [-0.2, 0) is 14.3 Å². The lowest BCUT2D eigenvalue weighted by molar-refractivity contribution is -0.154. The van der Waals surface area contributed by atoms with Crippen LogP contribution in [0.5, 0.6) is 0 Å². The summed E-state index contributed by atoms with van der Waals surface area (Å²) in [5.74, 6) is -0.136. The summed E-state index contributed by atoms with van der Waals surface area (Å²) in [4.78, 5) is 11.8. The van der Waals surface area contributed by atoms with Crippen molar-refractivity contribution in [3.63, 3.8) is 0 Å². The zero-order chi connectivity index (χ0) is 12.2. The minimum absolute atomic E-state index is 0.136. The molecule has 16 heavy (non-hydrogen) atoms. The van der Waals surface area contributed by atoms with Crippen LogP contribution in [0.15, 0.2) is 11.6 Å². The van der Waals surface area contributed by atoms with Crippen LogP contribution in [0, 0.1) is 5.41 Å². The molecule has 1 atom stereocenters. The van der Waals surface area contributed by atoms with Gasteiger partial charge in [0.1, 0.15) is 12.7 Å². The van der Waals surface area contributed by atoms with Gasteiger partial charge in [-0.3, -0.25) is 4.79 Å². The van der Waals surface area contributed by atoms with Crippen molar-refractivity contribution in [1.82, 2.24) is 0 Å². The van der Waals surface area contributed by atoms with E-state index < -0.39 is 5.41 Å². The maximum absolute atomic E-state index is 11.8. The average Bonchev–Trinajstić information content (AvgIpc) is 3.06. The highest BCUT2D eigenvalue weighted by Crippen LogP contribution is 2.24. The lowest BCUT2D eigenvalue weighted by Crippen LogP contribution is -2.27. The normalized spacial score (nSPS) is 20.8. The predicted molar refractivity (Wildman–Crippen MR) is 63.1 cm³/mol. The van der Waals surface area contributed by atoms with E-state index >= 15 is 0 Å². The molecular weight excluding hydrogens is 204 g/mol. The zero-order valence-corrected chi connectivity index (χ0v) is 10.7. The van der Waals surface area contributed by atoms with Gasteiger partial charge in [0.25, 0.3) is 0 Å². The number of ether oxygens (including phenoxy) is 2. The molecule has 0 saturated carbocycles. The molecule has 0 aromatic heterocycles. The number of esters is 1. The second-order valence-corrected chi connectivity index (χ2v) is 5.05. The molecule has 0 radical (unpaired) electrons. The number of rotatable bonds is 6. The molecule has 1 unspecified atom stereocenters. The first-order valence-electron chi connectivity index (χ1n) is 5.90. The van der Waals surface area contributed by atoms with Gasteiger partial charge in [0.2, 0.25) is 0 Å².